The highest BCUT2D eigenvalue weighted by Crippen LogP contribution is 2.39. The van der Waals surface area contributed by atoms with Crippen LogP contribution < -0.4 is 15.1 Å². The molecule has 2 bridgehead atoms. The Kier molecular flexibility index (Phi) is 4.72. The molecule has 2 aliphatic rings. The number of carbonyl (C=O) groups is 2. The number of ketones is 1. The number of carbonyl (C=O) groups excluding carboxylic acids is 2. The highest BCUT2D eigenvalue weighted by atomic mass is 19.4. The van der Waals surface area contributed by atoms with Gasteiger partial charge in [0, 0.05) is 37.3 Å². The molecule has 2 amide bonds. The highest BCUT2D eigenvalue weighted by Gasteiger charge is 2.41. The van der Waals surface area contributed by atoms with E-state index in [-0.39, 0.29) is 23.5 Å². The van der Waals surface area contributed by atoms with Crippen molar-refractivity contribution in [3.63, 3.8) is 0 Å². The Morgan fingerprint density at radius 1 is 1.22 bits per heavy atom. The van der Waals surface area contributed by atoms with E-state index in [2.05, 4.69) is 25.3 Å². The summed E-state index contributed by atoms with van der Waals surface area (Å²) in [5.41, 5.74) is 1.12. The quantitative estimate of drug-likeness (QED) is 0.596. The molecule has 0 saturated carbocycles. The minimum atomic E-state index is -4.43. The average molecular weight is 445 g/mol. The van der Waals surface area contributed by atoms with Crippen molar-refractivity contribution in [2.24, 2.45) is 0 Å². The Morgan fingerprint density at radius 2 is 2.06 bits per heavy atom. The van der Waals surface area contributed by atoms with Gasteiger partial charge in [-0.15, -0.1) is 0 Å². The lowest BCUT2D eigenvalue weighted by Crippen LogP contribution is -2.48. The molecule has 3 aromatic heterocycles. The smallest absolute Gasteiger partial charge is 0.366 e. The molecule has 2 N–H and O–H groups in total. The van der Waals surface area contributed by atoms with Crippen LogP contribution in [0.3, 0.4) is 0 Å². The number of nitrogens with one attached hydrogen (secondary N) is 2. The fraction of sp³-hybridized carbons (Fsp3) is 0.350. The lowest BCUT2D eigenvalue weighted by Gasteiger charge is -2.35. The monoisotopic (exact) mass is 445 g/mol. The molecule has 32 heavy (non-hydrogen) atoms. The van der Waals surface area contributed by atoms with E-state index < -0.39 is 30.8 Å². The first-order valence-electron chi connectivity index (χ1n) is 10.0. The van der Waals surface area contributed by atoms with Gasteiger partial charge in [-0.3, -0.25) is 15.0 Å². The fourth-order valence-electron chi connectivity index (χ4n) is 4.07. The number of urea groups is 1. The molecule has 5 heterocycles. The first-order chi connectivity index (χ1) is 15.3. The number of halogens is 3. The number of aromatic amines is 1. The number of fused-ring (bicyclic) bond motifs is 5. The molecule has 1 atom stereocenters. The van der Waals surface area contributed by atoms with E-state index in [1.807, 2.05) is 4.90 Å². The second-order valence-corrected chi connectivity index (χ2v) is 7.74. The second-order valence-electron chi connectivity index (χ2n) is 7.74. The number of anilines is 3. The molecule has 9 nitrogen and oxygen atoms in total. The van der Waals surface area contributed by atoms with Crippen LogP contribution in [-0.4, -0.2) is 57.1 Å². The molecule has 12 heteroatoms. The van der Waals surface area contributed by atoms with Crippen LogP contribution in [-0.2, 0) is 0 Å². The number of H-pyrrole nitrogens is 1. The zero-order valence-electron chi connectivity index (χ0n) is 16.7. The van der Waals surface area contributed by atoms with Crippen LogP contribution in [0, 0.1) is 0 Å². The average Bonchev–Trinajstić information content (AvgIpc) is 3.38. The summed E-state index contributed by atoms with van der Waals surface area (Å²) in [5, 5.41) is 3.46. The van der Waals surface area contributed by atoms with E-state index in [4.69, 9.17) is 0 Å². The number of alkyl halides is 3. The van der Waals surface area contributed by atoms with Gasteiger partial charge in [-0.25, -0.2) is 14.8 Å². The van der Waals surface area contributed by atoms with Gasteiger partial charge in [-0.1, -0.05) is 0 Å². The molecule has 2 aliphatic heterocycles. The van der Waals surface area contributed by atoms with Gasteiger partial charge >= 0.3 is 12.2 Å². The number of hydrogen-bond acceptors (Lipinski definition) is 6. The van der Waals surface area contributed by atoms with E-state index in [1.54, 1.807) is 24.5 Å². The maximum absolute atomic E-state index is 13.2. The summed E-state index contributed by atoms with van der Waals surface area (Å²) >= 11 is 0. The molecule has 3 aromatic rings. The van der Waals surface area contributed by atoms with Crippen molar-refractivity contribution in [1.82, 2.24) is 19.9 Å². The Morgan fingerprint density at radius 3 is 2.88 bits per heavy atom. The minimum Gasteiger partial charge on any atom is -0.366 e. The number of pyridine rings is 1. The number of aromatic nitrogens is 4. The molecule has 166 valence electrons. The second kappa shape index (κ2) is 7.46. The Bertz CT molecular complexity index is 1210. The molecule has 0 radical (unpaired) electrons. The first kappa shape index (κ1) is 20.2. The van der Waals surface area contributed by atoms with Crippen LogP contribution in [0.15, 0.2) is 30.6 Å². The van der Waals surface area contributed by atoms with Crippen molar-refractivity contribution in [1.29, 1.82) is 0 Å². The summed E-state index contributed by atoms with van der Waals surface area (Å²) < 4.78 is 37.5. The van der Waals surface area contributed by atoms with E-state index >= 15 is 0 Å². The number of amides is 2. The summed E-state index contributed by atoms with van der Waals surface area (Å²) in [6.45, 7) is 1.30. The lowest BCUT2D eigenvalue weighted by molar-refractivity contribution is -0.133. The van der Waals surface area contributed by atoms with Gasteiger partial charge in [-0.05, 0) is 24.6 Å². The standard InChI is InChI=1S/C20H18F3N7O2/c21-20(22,23)6-3-15(31)13-1-2-14-17(26-13)30(12-5-8-29(14)10-12)19(32)28-18-25-9-11-4-7-24-16(11)27-18/h1-2,4,7,9,12H,3,5-6,8,10H2,(H2,24,25,27,28,32)/t12-/m0/s1. The van der Waals surface area contributed by atoms with Gasteiger partial charge in [0.25, 0.3) is 0 Å². The SMILES string of the molecule is O=C(CCC(F)(F)F)c1ccc2c(n1)N(C(=O)Nc1ncc3cc[nH]c3n1)[C@H]1CCN2C1. The zero-order valence-corrected chi connectivity index (χ0v) is 16.7. The molecule has 0 aromatic carbocycles. The number of rotatable bonds is 4. The van der Waals surface area contributed by atoms with Gasteiger partial charge in [0.1, 0.15) is 11.3 Å². The molecule has 1 saturated heterocycles. The number of hydrogen-bond donors (Lipinski definition) is 2. The summed E-state index contributed by atoms with van der Waals surface area (Å²) in [4.78, 5) is 44.6. The van der Waals surface area contributed by atoms with Crippen LogP contribution >= 0.6 is 0 Å². The predicted molar refractivity (Wildman–Crippen MR) is 110 cm³/mol. The van der Waals surface area contributed by atoms with Crippen molar-refractivity contribution in [3.8, 4) is 0 Å². The largest absolute Gasteiger partial charge is 0.389 e. The van der Waals surface area contributed by atoms with E-state index in [0.717, 1.165) is 5.39 Å². The fourth-order valence-corrected chi connectivity index (χ4v) is 4.07. The van der Waals surface area contributed by atoms with Crippen molar-refractivity contribution in [2.75, 3.05) is 28.2 Å². The van der Waals surface area contributed by atoms with Crippen LogP contribution in [0.25, 0.3) is 11.0 Å². The maximum Gasteiger partial charge on any atom is 0.389 e. The highest BCUT2D eigenvalue weighted by molar-refractivity contribution is 6.05. The van der Waals surface area contributed by atoms with Crippen molar-refractivity contribution < 1.29 is 22.8 Å². The Balaban J connectivity index is 1.43. The zero-order chi connectivity index (χ0) is 22.5. The first-order valence-corrected chi connectivity index (χ1v) is 10.0. The van der Waals surface area contributed by atoms with Crippen molar-refractivity contribution in [3.05, 3.63) is 36.3 Å². The van der Waals surface area contributed by atoms with E-state index in [9.17, 15) is 22.8 Å². The summed E-state index contributed by atoms with van der Waals surface area (Å²) in [6, 6.07) is 4.14. The van der Waals surface area contributed by atoms with Gasteiger partial charge < -0.3 is 9.88 Å². The molecule has 0 aliphatic carbocycles. The van der Waals surface area contributed by atoms with Gasteiger partial charge in [0.2, 0.25) is 5.95 Å². The summed E-state index contributed by atoms with van der Waals surface area (Å²) in [5.74, 6) is -0.377. The van der Waals surface area contributed by atoms with Crippen LogP contribution in [0.4, 0.5) is 35.4 Å². The maximum atomic E-state index is 13.2. The predicted octanol–water partition coefficient (Wildman–Crippen LogP) is 3.51. The minimum absolute atomic E-state index is 0.0997. The molecule has 0 spiro atoms. The van der Waals surface area contributed by atoms with Gasteiger partial charge in [0.05, 0.1) is 18.2 Å². The van der Waals surface area contributed by atoms with Crippen molar-refractivity contribution >= 4 is 40.3 Å². The molecular formula is C20H18F3N7O2. The molecule has 0 unspecified atom stereocenters. The molecule has 1 fully saturated rings. The normalized spacial score (nSPS) is 17.5. The van der Waals surface area contributed by atoms with Crippen molar-refractivity contribution in [2.45, 2.75) is 31.5 Å². The Labute approximate surface area is 179 Å². The number of Topliss-reactive ketones (excluding diaryl/α,β-unsaturated/α-hetero) is 1. The summed E-state index contributed by atoms with van der Waals surface area (Å²) in [7, 11) is 0. The van der Waals surface area contributed by atoms with E-state index in [0.29, 0.717) is 30.8 Å². The third-order valence-corrected chi connectivity index (χ3v) is 5.61. The van der Waals surface area contributed by atoms with Crippen LogP contribution in [0.2, 0.25) is 0 Å². The third kappa shape index (κ3) is 3.72. The Hall–Kier alpha value is -3.70. The van der Waals surface area contributed by atoms with Crippen LogP contribution in [0.5, 0.6) is 0 Å². The van der Waals surface area contributed by atoms with E-state index in [1.165, 1.54) is 11.0 Å². The lowest BCUT2D eigenvalue weighted by atomic mass is 10.1. The van der Waals surface area contributed by atoms with Crippen LogP contribution in [0.1, 0.15) is 29.8 Å². The third-order valence-electron chi connectivity index (χ3n) is 5.61. The van der Waals surface area contributed by atoms with Gasteiger partial charge in [-0.2, -0.15) is 18.2 Å². The summed E-state index contributed by atoms with van der Waals surface area (Å²) in [6.07, 6.45) is -2.37. The molecule has 5 rings (SSSR count). The van der Waals surface area contributed by atoms with Gasteiger partial charge in [0.15, 0.2) is 11.6 Å². The topological polar surface area (TPSA) is 107 Å². The number of nitrogens with zero attached hydrogens (tertiary/aromatic N) is 5. The molecular weight excluding hydrogens is 427 g/mol.